The molecule has 44 heavy (non-hydrogen) atoms. The summed E-state index contributed by atoms with van der Waals surface area (Å²) in [7, 11) is 0. The van der Waals surface area contributed by atoms with E-state index in [1.54, 1.807) is 64.8 Å². The van der Waals surface area contributed by atoms with Gasteiger partial charge in [-0.25, -0.2) is 24.3 Å². The number of rotatable bonds is 4. The molecule has 8 nitrogen and oxygen atoms in total. The van der Waals surface area contributed by atoms with Gasteiger partial charge in [0.25, 0.3) is 11.1 Å². The fourth-order valence-corrected chi connectivity index (χ4v) is 5.46. The SMILES string of the molecule is CC(C)n1c(=O)c(-c2ccc(Cl)cc2Cl)nc2cccnc21.Cc1cc(F)ccc1-c1nc2cccnc2n(C(C)C)c1=O. The van der Waals surface area contributed by atoms with E-state index in [-0.39, 0.29) is 29.0 Å². The Morgan fingerprint density at radius 2 is 1.20 bits per heavy atom. The van der Waals surface area contributed by atoms with Crippen LogP contribution in [0.15, 0.2) is 82.6 Å². The predicted octanol–water partition coefficient (Wildman–Crippen LogP) is 7.83. The van der Waals surface area contributed by atoms with E-state index in [0.29, 0.717) is 60.5 Å². The van der Waals surface area contributed by atoms with E-state index in [2.05, 4.69) is 19.9 Å². The summed E-state index contributed by atoms with van der Waals surface area (Å²) in [5.41, 5.74) is 4.52. The summed E-state index contributed by atoms with van der Waals surface area (Å²) in [6.45, 7) is 9.49. The Balaban J connectivity index is 0.000000175. The van der Waals surface area contributed by atoms with Crippen LogP contribution in [0.3, 0.4) is 0 Å². The van der Waals surface area contributed by atoms with E-state index < -0.39 is 0 Å². The summed E-state index contributed by atoms with van der Waals surface area (Å²) in [6, 6.07) is 16.5. The smallest absolute Gasteiger partial charge is 0.279 e. The van der Waals surface area contributed by atoms with Crippen LogP contribution >= 0.6 is 23.2 Å². The van der Waals surface area contributed by atoms with Crippen molar-refractivity contribution >= 4 is 45.5 Å². The van der Waals surface area contributed by atoms with Crippen LogP contribution < -0.4 is 11.1 Å². The first-order valence-corrected chi connectivity index (χ1v) is 14.7. The molecule has 0 radical (unpaired) electrons. The lowest BCUT2D eigenvalue weighted by Gasteiger charge is -2.15. The van der Waals surface area contributed by atoms with E-state index in [4.69, 9.17) is 23.2 Å². The number of benzene rings is 2. The van der Waals surface area contributed by atoms with Gasteiger partial charge in [-0.05, 0) is 101 Å². The monoisotopic (exact) mass is 630 g/mol. The lowest BCUT2D eigenvalue weighted by atomic mass is 10.1. The molecule has 0 saturated carbocycles. The Morgan fingerprint density at radius 1 is 0.705 bits per heavy atom. The molecule has 0 N–H and O–H groups in total. The number of hydrogen-bond donors (Lipinski definition) is 0. The summed E-state index contributed by atoms with van der Waals surface area (Å²) in [5.74, 6) is -0.326. The minimum atomic E-state index is -0.326. The first-order valence-electron chi connectivity index (χ1n) is 13.9. The minimum absolute atomic E-state index is 0.0438. The van der Waals surface area contributed by atoms with Gasteiger partial charge in [-0.1, -0.05) is 23.2 Å². The number of pyridine rings is 2. The summed E-state index contributed by atoms with van der Waals surface area (Å²) in [6.07, 6.45) is 3.29. The highest BCUT2D eigenvalue weighted by molar-refractivity contribution is 6.36. The van der Waals surface area contributed by atoms with Crippen molar-refractivity contribution in [2.75, 3.05) is 0 Å². The molecule has 224 valence electrons. The van der Waals surface area contributed by atoms with Crippen LogP contribution in [0.25, 0.3) is 44.8 Å². The molecule has 0 unspecified atom stereocenters. The first kappa shape index (κ1) is 31.0. The maximum atomic E-state index is 13.3. The molecule has 4 heterocycles. The van der Waals surface area contributed by atoms with Crippen LogP contribution in [0.1, 0.15) is 45.3 Å². The summed E-state index contributed by atoms with van der Waals surface area (Å²) in [5, 5.41) is 0.913. The third-order valence-electron chi connectivity index (χ3n) is 6.96. The van der Waals surface area contributed by atoms with Gasteiger partial charge in [-0.15, -0.1) is 0 Å². The summed E-state index contributed by atoms with van der Waals surface area (Å²) in [4.78, 5) is 43.1. The van der Waals surface area contributed by atoms with Crippen LogP contribution in [0.4, 0.5) is 4.39 Å². The fraction of sp³-hybridized carbons (Fsp3) is 0.212. The average molecular weight is 632 g/mol. The zero-order valence-electron chi connectivity index (χ0n) is 24.7. The van der Waals surface area contributed by atoms with Crippen molar-refractivity contribution in [2.45, 2.75) is 46.7 Å². The molecule has 0 aliphatic carbocycles. The van der Waals surface area contributed by atoms with E-state index in [1.165, 1.54) is 12.1 Å². The van der Waals surface area contributed by atoms with E-state index in [0.717, 1.165) is 0 Å². The molecule has 0 aliphatic rings. The topological polar surface area (TPSA) is 95.6 Å². The average Bonchev–Trinajstić information content (AvgIpc) is 2.97. The van der Waals surface area contributed by atoms with E-state index in [1.807, 2.05) is 39.8 Å². The number of aryl methyl sites for hydroxylation is 1. The van der Waals surface area contributed by atoms with Gasteiger partial charge < -0.3 is 0 Å². The molecular weight excluding hydrogens is 602 g/mol. The Morgan fingerprint density at radius 3 is 1.68 bits per heavy atom. The molecule has 0 saturated heterocycles. The standard InChI is InChI=1S/C17H16FN3O.C16H13Cl2N3O/c1-10(2)21-16-14(5-4-8-19-16)20-15(17(21)22)13-7-6-12(18)9-11(13)3;1-9(2)21-15-13(4-3-7-19-15)20-14(16(21)22)11-6-5-10(17)8-12(11)18/h4-10H,1-3H3;3-9H,1-2H3. The third kappa shape index (κ3) is 5.98. The highest BCUT2D eigenvalue weighted by Crippen LogP contribution is 2.29. The molecule has 0 bridgehead atoms. The maximum Gasteiger partial charge on any atom is 0.279 e. The zero-order chi connectivity index (χ0) is 31.7. The Hall–Kier alpha value is -4.47. The number of nitrogens with zero attached hydrogens (tertiary/aromatic N) is 6. The highest BCUT2D eigenvalue weighted by atomic mass is 35.5. The largest absolute Gasteiger partial charge is 0.287 e. The Labute approximate surface area is 262 Å². The van der Waals surface area contributed by atoms with Crippen molar-refractivity contribution in [3.05, 3.63) is 115 Å². The molecule has 4 aromatic heterocycles. The van der Waals surface area contributed by atoms with Gasteiger partial charge in [0.2, 0.25) is 0 Å². The normalized spacial score (nSPS) is 11.3. The van der Waals surface area contributed by atoms with Crippen molar-refractivity contribution in [3.8, 4) is 22.5 Å². The highest BCUT2D eigenvalue weighted by Gasteiger charge is 2.18. The second kappa shape index (κ2) is 12.6. The lowest BCUT2D eigenvalue weighted by molar-refractivity contribution is 0.593. The van der Waals surface area contributed by atoms with Crippen LogP contribution in [0.5, 0.6) is 0 Å². The molecule has 2 aromatic carbocycles. The molecule has 6 aromatic rings. The zero-order valence-corrected chi connectivity index (χ0v) is 26.2. The molecule has 0 atom stereocenters. The van der Waals surface area contributed by atoms with Crippen LogP contribution in [0.2, 0.25) is 10.0 Å². The number of aromatic nitrogens is 6. The second-order valence-electron chi connectivity index (χ2n) is 10.7. The van der Waals surface area contributed by atoms with E-state index >= 15 is 0 Å². The molecular formula is C33H29Cl2FN6O2. The molecule has 0 aliphatic heterocycles. The maximum absolute atomic E-state index is 13.3. The van der Waals surface area contributed by atoms with Crippen molar-refractivity contribution in [1.82, 2.24) is 29.1 Å². The molecule has 6 rings (SSSR count). The van der Waals surface area contributed by atoms with Crippen molar-refractivity contribution in [1.29, 1.82) is 0 Å². The Kier molecular flexibility index (Phi) is 8.90. The van der Waals surface area contributed by atoms with Crippen LogP contribution in [0, 0.1) is 12.7 Å². The van der Waals surface area contributed by atoms with Gasteiger partial charge in [0.15, 0.2) is 11.3 Å². The first-order chi connectivity index (χ1) is 21.0. The summed E-state index contributed by atoms with van der Waals surface area (Å²) >= 11 is 12.2. The van der Waals surface area contributed by atoms with Crippen LogP contribution in [-0.2, 0) is 0 Å². The van der Waals surface area contributed by atoms with Gasteiger partial charge in [0.05, 0.1) is 5.02 Å². The van der Waals surface area contributed by atoms with Gasteiger partial charge in [0.1, 0.15) is 28.2 Å². The second-order valence-corrected chi connectivity index (χ2v) is 11.6. The molecule has 11 heteroatoms. The number of hydrogen-bond acceptors (Lipinski definition) is 6. The Bertz CT molecular complexity index is 1990. The molecule has 0 fully saturated rings. The van der Waals surface area contributed by atoms with Crippen molar-refractivity contribution in [2.24, 2.45) is 0 Å². The molecule has 0 amide bonds. The lowest BCUT2D eigenvalue weighted by Crippen LogP contribution is -2.26. The van der Waals surface area contributed by atoms with Crippen LogP contribution in [-0.4, -0.2) is 29.1 Å². The summed E-state index contributed by atoms with van der Waals surface area (Å²) < 4.78 is 16.6. The van der Waals surface area contributed by atoms with Gasteiger partial charge in [0, 0.05) is 40.6 Å². The number of halogens is 3. The quantitative estimate of drug-likeness (QED) is 0.197. The van der Waals surface area contributed by atoms with Gasteiger partial charge >= 0.3 is 0 Å². The third-order valence-corrected chi connectivity index (χ3v) is 7.51. The number of fused-ring (bicyclic) bond motifs is 2. The predicted molar refractivity (Wildman–Crippen MR) is 174 cm³/mol. The fourth-order valence-electron chi connectivity index (χ4n) is 4.96. The van der Waals surface area contributed by atoms with E-state index in [9.17, 15) is 14.0 Å². The van der Waals surface area contributed by atoms with Crippen molar-refractivity contribution in [3.63, 3.8) is 0 Å². The van der Waals surface area contributed by atoms with Gasteiger partial charge in [-0.2, -0.15) is 0 Å². The minimum Gasteiger partial charge on any atom is -0.287 e. The van der Waals surface area contributed by atoms with Crippen molar-refractivity contribution < 1.29 is 4.39 Å². The molecule has 0 spiro atoms. The van der Waals surface area contributed by atoms with Gasteiger partial charge in [-0.3, -0.25) is 18.7 Å².